The first kappa shape index (κ1) is 14.4. The molecule has 0 heterocycles. The third-order valence-corrected chi connectivity index (χ3v) is 2.14. The molecule has 0 aliphatic heterocycles. The van der Waals surface area contributed by atoms with Crippen LogP contribution in [-0.2, 0) is 4.79 Å². The lowest BCUT2D eigenvalue weighted by Gasteiger charge is -2.20. The highest BCUT2D eigenvalue weighted by atomic mass is 16.3. The maximum absolute atomic E-state index is 11.7. The molecule has 0 aromatic rings. The van der Waals surface area contributed by atoms with Crippen molar-refractivity contribution in [2.45, 2.75) is 32.1 Å². The van der Waals surface area contributed by atoms with Gasteiger partial charge in [0.1, 0.15) is 0 Å². The zero-order chi connectivity index (χ0) is 12.2. The molecule has 0 bridgehead atoms. The van der Waals surface area contributed by atoms with E-state index in [-0.39, 0.29) is 25.4 Å². The van der Waals surface area contributed by atoms with E-state index >= 15 is 0 Å². The highest BCUT2D eigenvalue weighted by Gasteiger charge is 2.11. The molecule has 1 amide bonds. The predicted octanol–water partition coefficient (Wildman–Crippen LogP) is 0.805. The molecule has 0 aromatic carbocycles. The molecule has 1 N–H and O–H groups in total. The van der Waals surface area contributed by atoms with E-state index in [4.69, 9.17) is 15.6 Å². The first-order valence-electron chi connectivity index (χ1n) is 5.38. The van der Waals surface area contributed by atoms with E-state index < -0.39 is 0 Å². The summed E-state index contributed by atoms with van der Waals surface area (Å²) in [4.78, 5) is 13.2. The summed E-state index contributed by atoms with van der Waals surface area (Å²) in [6, 6.07) is 3.96. The molecular formula is C11H17N3O2. The molecule has 0 spiro atoms. The van der Waals surface area contributed by atoms with Crippen LogP contribution < -0.4 is 0 Å². The summed E-state index contributed by atoms with van der Waals surface area (Å²) in [5.74, 6) is -0.0426. The fourth-order valence-corrected chi connectivity index (χ4v) is 1.28. The molecule has 0 aliphatic rings. The second-order valence-electron chi connectivity index (χ2n) is 3.38. The Kier molecular flexibility index (Phi) is 8.96. The minimum Gasteiger partial charge on any atom is -0.396 e. The topological polar surface area (TPSA) is 88.1 Å². The summed E-state index contributed by atoms with van der Waals surface area (Å²) in [6.07, 6.45) is 2.20. The SMILES string of the molecule is N#CCCN(CCC#N)C(=O)CCCCO. The number of aliphatic hydroxyl groups excluding tert-OH is 1. The van der Waals surface area contributed by atoms with Gasteiger partial charge in [0, 0.05) is 26.1 Å². The summed E-state index contributed by atoms with van der Waals surface area (Å²) < 4.78 is 0. The monoisotopic (exact) mass is 223 g/mol. The van der Waals surface area contributed by atoms with Gasteiger partial charge in [0.05, 0.1) is 25.0 Å². The van der Waals surface area contributed by atoms with Crippen LogP contribution >= 0.6 is 0 Å². The standard InChI is InChI=1S/C11H17N3O2/c12-6-3-8-14(9-4-7-13)11(16)5-1-2-10-15/h15H,1-5,8-10H2. The van der Waals surface area contributed by atoms with Gasteiger partial charge in [0.15, 0.2) is 0 Å². The van der Waals surface area contributed by atoms with E-state index in [2.05, 4.69) is 0 Å². The molecule has 0 aromatic heterocycles. The van der Waals surface area contributed by atoms with Crippen molar-refractivity contribution >= 4 is 5.91 Å². The molecule has 0 atom stereocenters. The molecule has 88 valence electrons. The summed E-state index contributed by atoms with van der Waals surface area (Å²) >= 11 is 0. The van der Waals surface area contributed by atoms with Crippen molar-refractivity contribution in [2.75, 3.05) is 19.7 Å². The maximum atomic E-state index is 11.7. The number of nitrogens with zero attached hydrogens (tertiary/aromatic N) is 3. The fraction of sp³-hybridized carbons (Fsp3) is 0.727. The third-order valence-electron chi connectivity index (χ3n) is 2.14. The summed E-state index contributed by atoms with van der Waals surface area (Å²) in [6.45, 7) is 0.857. The van der Waals surface area contributed by atoms with E-state index in [9.17, 15) is 4.79 Å². The molecule has 0 rings (SSSR count). The number of unbranched alkanes of at least 4 members (excludes halogenated alkanes) is 1. The number of carbonyl (C=O) groups excluding carboxylic acids is 1. The number of hydrogen-bond acceptors (Lipinski definition) is 4. The van der Waals surface area contributed by atoms with Crippen molar-refractivity contribution in [1.82, 2.24) is 4.90 Å². The molecule has 0 fully saturated rings. The molecule has 0 radical (unpaired) electrons. The van der Waals surface area contributed by atoms with E-state index in [1.165, 1.54) is 0 Å². The minimum absolute atomic E-state index is 0.0426. The van der Waals surface area contributed by atoms with Crippen LogP contribution in [0.3, 0.4) is 0 Å². The quantitative estimate of drug-likeness (QED) is 0.616. The largest absolute Gasteiger partial charge is 0.396 e. The van der Waals surface area contributed by atoms with Gasteiger partial charge in [-0.15, -0.1) is 0 Å². The molecule has 0 unspecified atom stereocenters. The van der Waals surface area contributed by atoms with Gasteiger partial charge in [-0.05, 0) is 12.8 Å². The Bertz CT molecular complexity index is 260. The number of aliphatic hydroxyl groups is 1. The van der Waals surface area contributed by atoms with Crippen molar-refractivity contribution in [3.8, 4) is 12.1 Å². The Hall–Kier alpha value is -1.59. The van der Waals surface area contributed by atoms with Crippen LogP contribution in [0.25, 0.3) is 0 Å². The molecule has 0 saturated carbocycles. The highest BCUT2D eigenvalue weighted by molar-refractivity contribution is 5.76. The molecule has 5 heteroatoms. The van der Waals surface area contributed by atoms with Crippen LogP contribution in [0.5, 0.6) is 0 Å². The summed E-state index contributed by atoms with van der Waals surface area (Å²) in [7, 11) is 0. The van der Waals surface area contributed by atoms with Crippen molar-refractivity contribution in [3.63, 3.8) is 0 Å². The zero-order valence-corrected chi connectivity index (χ0v) is 9.35. The van der Waals surface area contributed by atoms with Gasteiger partial charge in [0.2, 0.25) is 5.91 Å². The van der Waals surface area contributed by atoms with Crippen molar-refractivity contribution in [2.24, 2.45) is 0 Å². The van der Waals surface area contributed by atoms with Gasteiger partial charge < -0.3 is 10.0 Å². The number of hydrogen-bond donors (Lipinski definition) is 1. The van der Waals surface area contributed by atoms with Gasteiger partial charge >= 0.3 is 0 Å². The van der Waals surface area contributed by atoms with Gasteiger partial charge in [-0.2, -0.15) is 10.5 Å². The molecule has 0 saturated heterocycles. The Balaban J connectivity index is 4.00. The third kappa shape index (κ3) is 6.80. The van der Waals surface area contributed by atoms with Crippen LogP contribution in [0.2, 0.25) is 0 Å². The first-order valence-corrected chi connectivity index (χ1v) is 5.38. The van der Waals surface area contributed by atoms with E-state index in [1.54, 1.807) is 4.90 Å². The van der Waals surface area contributed by atoms with Crippen LogP contribution in [-0.4, -0.2) is 35.6 Å². The van der Waals surface area contributed by atoms with E-state index in [0.29, 0.717) is 32.4 Å². The molecule has 16 heavy (non-hydrogen) atoms. The van der Waals surface area contributed by atoms with E-state index in [0.717, 1.165) is 0 Å². The van der Waals surface area contributed by atoms with Gasteiger partial charge in [-0.1, -0.05) is 0 Å². The van der Waals surface area contributed by atoms with Crippen molar-refractivity contribution < 1.29 is 9.90 Å². The molecule has 0 aliphatic carbocycles. The second-order valence-corrected chi connectivity index (χ2v) is 3.38. The Labute approximate surface area is 95.9 Å². The Morgan fingerprint density at radius 1 is 1.12 bits per heavy atom. The lowest BCUT2D eigenvalue weighted by Crippen LogP contribution is -2.32. The number of rotatable bonds is 8. The maximum Gasteiger partial charge on any atom is 0.222 e. The van der Waals surface area contributed by atoms with Crippen LogP contribution in [0, 0.1) is 22.7 Å². The van der Waals surface area contributed by atoms with Crippen molar-refractivity contribution in [3.05, 3.63) is 0 Å². The minimum atomic E-state index is -0.0426. The predicted molar refractivity (Wildman–Crippen MR) is 58.0 cm³/mol. The van der Waals surface area contributed by atoms with Gasteiger partial charge in [0.25, 0.3) is 0 Å². The fourth-order valence-electron chi connectivity index (χ4n) is 1.28. The van der Waals surface area contributed by atoms with Gasteiger partial charge in [-0.25, -0.2) is 0 Å². The number of carbonyl (C=O) groups is 1. The average Bonchev–Trinajstić information content (AvgIpc) is 2.29. The lowest BCUT2D eigenvalue weighted by atomic mass is 10.2. The van der Waals surface area contributed by atoms with E-state index in [1.807, 2.05) is 12.1 Å². The zero-order valence-electron chi connectivity index (χ0n) is 9.35. The second kappa shape index (κ2) is 9.95. The van der Waals surface area contributed by atoms with Crippen molar-refractivity contribution in [1.29, 1.82) is 10.5 Å². The Morgan fingerprint density at radius 2 is 1.69 bits per heavy atom. The number of nitriles is 2. The van der Waals surface area contributed by atoms with Crippen LogP contribution in [0.15, 0.2) is 0 Å². The van der Waals surface area contributed by atoms with Gasteiger partial charge in [-0.3, -0.25) is 4.79 Å². The normalized spacial score (nSPS) is 9.19. The lowest BCUT2D eigenvalue weighted by molar-refractivity contribution is -0.131. The summed E-state index contributed by atoms with van der Waals surface area (Å²) in [5.41, 5.74) is 0. The smallest absolute Gasteiger partial charge is 0.222 e. The molecular weight excluding hydrogens is 206 g/mol. The van der Waals surface area contributed by atoms with Crippen LogP contribution in [0.1, 0.15) is 32.1 Å². The summed E-state index contributed by atoms with van der Waals surface area (Å²) in [5, 5.41) is 25.5. The Morgan fingerprint density at radius 3 is 2.12 bits per heavy atom. The first-order chi connectivity index (χ1) is 7.76. The molecule has 5 nitrogen and oxygen atoms in total. The highest BCUT2D eigenvalue weighted by Crippen LogP contribution is 2.02. The number of amides is 1. The van der Waals surface area contributed by atoms with Crippen LogP contribution in [0.4, 0.5) is 0 Å². The average molecular weight is 223 g/mol.